The molecule has 0 amide bonds. The van der Waals surface area contributed by atoms with Crippen LogP contribution in [0.25, 0.3) is 0 Å². The van der Waals surface area contributed by atoms with Crippen molar-refractivity contribution in [2.24, 2.45) is 5.73 Å². The van der Waals surface area contributed by atoms with Crippen molar-refractivity contribution >= 4 is 0 Å². The molecule has 0 saturated heterocycles. The summed E-state index contributed by atoms with van der Waals surface area (Å²) in [4.78, 5) is 0. The van der Waals surface area contributed by atoms with Crippen LogP contribution in [0.5, 0.6) is 0 Å². The molecule has 2 nitrogen and oxygen atoms in total. The Hall–Kier alpha value is -0.290. The largest absolute Gasteiger partial charge is 0.390 e. The Morgan fingerprint density at radius 3 is 2.08 bits per heavy atom. The van der Waals surface area contributed by atoms with Crippen LogP contribution < -0.4 is 11.1 Å². The Bertz CT molecular complexity index is 148. The first-order valence-corrected chi connectivity index (χ1v) is 4.19. The fraction of sp³-hybridized carbons (Fsp3) is 1.00. The van der Waals surface area contributed by atoms with Crippen molar-refractivity contribution in [2.45, 2.75) is 44.9 Å². The van der Waals surface area contributed by atoms with Crippen molar-refractivity contribution in [1.29, 1.82) is 0 Å². The quantitative estimate of drug-likeness (QED) is 0.721. The summed E-state index contributed by atoms with van der Waals surface area (Å²) in [6.07, 6.45) is -4.92. The monoisotopic (exact) mass is 198 g/mol. The van der Waals surface area contributed by atoms with Crippen LogP contribution in [0.15, 0.2) is 0 Å². The summed E-state index contributed by atoms with van der Waals surface area (Å²) in [7, 11) is 0. The van der Waals surface area contributed by atoms with E-state index in [2.05, 4.69) is 5.32 Å². The summed E-state index contributed by atoms with van der Waals surface area (Å²) in [6.45, 7) is 5.41. The van der Waals surface area contributed by atoms with Gasteiger partial charge >= 0.3 is 6.18 Å². The van der Waals surface area contributed by atoms with Gasteiger partial charge in [-0.2, -0.15) is 13.2 Å². The van der Waals surface area contributed by atoms with E-state index < -0.39 is 24.2 Å². The number of hydrogen-bond acceptors (Lipinski definition) is 2. The number of nitrogens with one attached hydrogen (secondary N) is 1. The van der Waals surface area contributed by atoms with Crippen molar-refractivity contribution < 1.29 is 13.2 Å². The average Bonchev–Trinajstić information content (AvgIpc) is 1.78. The molecule has 0 saturated carbocycles. The Morgan fingerprint density at radius 1 is 1.31 bits per heavy atom. The lowest BCUT2D eigenvalue weighted by Gasteiger charge is -2.23. The molecule has 0 aromatic heterocycles. The van der Waals surface area contributed by atoms with Crippen LogP contribution in [0.1, 0.15) is 27.2 Å². The van der Waals surface area contributed by atoms with E-state index in [-0.39, 0.29) is 0 Å². The predicted molar refractivity (Wildman–Crippen MR) is 46.4 cm³/mol. The molecule has 5 heteroatoms. The van der Waals surface area contributed by atoms with Crippen LogP contribution in [0.4, 0.5) is 13.2 Å². The zero-order valence-electron chi connectivity index (χ0n) is 8.20. The number of halogens is 3. The van der Waals surface area contributed by atoms with Crippen molar-refractivity contribution in [2.75, 3.05) is 6.54 Å². The number of hydrogen-bond donors (Lipinski definition) is 2. The van der Waals surface area contributed by atoms with Crippen molar-refractivity contribution in [3.8, 4) is 0 Å². The first-order valence-electron chi connectivity index (χ1n) is 4.19. The van der Waals surface area contributed by atoms with E-state index in [1.165, 1.54) is 6.92 Å². The maximum absolute atomic E-state index is 11.9. The zero-order valence-corrected chi connectivity index (χ0v) is 8.20. The number of rotatable bonds is 4. The van der Waals surface area contributed by atoms with E-state index >= 15 is 0 Å². The van der Waals surface area contributed by atoms with E-state index in [1.807, 2.05) is 0 Å². The van der Waals surface area contributed by atoms with Gasteiger partial charge in [0.05, 0.1) is 6.42 Å². The van der Waals surface area contributed by atoms with E-state index in [0.29, 0.717) is 6.54 Å². The number of nitrogens with two attached hydrogens (primary N) is 1. The van der Waals surface area contributed by atoms with E-state index in [0.717, 1.165) is 0 Å². The van der Waals surface area contributed by atoms with Gasteiger partial charge in [-0.1, -0.05) is 0 Å². The van der Waals surface area contributed by atoms with Crippen LogP contribution in [-0.4, -0.2) is 24.3 Å². The van der Waals surface area contributed by atoms with Crippen LogP contribution in [0.3, 0.4) is 0 Å². The molecule has 0 aliphatic rings. The van der Waals surface area contributed by atoms with Gasteiger partial charge in [0.2, 0.25) is 0 Å². The van der Waals surface area contributed by atoms with Crippen LogP contribution in [-0.2, 0) is 0 Å². The highest BCUT2D eigenvalue weighted by Gasteiger charge is 2.30. The highest BCUT2D eigenvalue weighted by atomic mass is 19.4. The molecule has 0 fully saturated rings. The number of alkyl halides is 3. The molecule has 1 atom stereocenters. The minimum absolute atomic E-state index is 0.379. The highest BCUT2D eigenvalue weighted by molar-refractivity contribution is 4.77. The maximum atomic E-state index is 11.9. The third kappa shape index (κ3) is 9.63. The molecule has 0 spiro atoms. The second kappa shape index (κ2) is 4.28. The highest BCUT2D eigenvalue weighted by Crippen LogP contribution is 2.21. The molecule has 80 valence electrons. The maximum Gasteiger partial charge on any atom is 0.390 e. The van der Waals surface area contributed by atoms with Crippen LogP contribution in [0.2, 0.25) is 0 Å². The zero-order chi connectivity index (χ0) is 10.7. The molecule has 0 bridgehead atoms. The lowest BCUT2D eigenvalue weighted by Crippen LogP contribution is -2.46. The van der Waals surface area contributed by atoms with E-state index in [4.69, 9.17) is 5.73 Å². The third-order valence-electron chi connectivity index (χ3n) is 1.44. The standard InChI is InChI=1S/C8H17F3N2/c1-6(4-8(9,10)11)13-5-7(2,3)12/h6,13H,4-5,12H2,1-3H3. The molecule has 0 aromatic carbocycles. The Labute approximate surface area is 76.7 Å². The summed E-state index contributed by atoms with van der Waals surface area (Å²) < 4.78 is 35.6. The molecule has 0 aliphatic heterocycles. The summed E-state index contributed by atoms with van der Waals surface area (Å²) in [5.74, 6) is 0. The minimum Gasteiger partial charge on any atom is -0.324 e. The molecule has 0 rings (SSSR count). The summed E-state index contributed by atoms with van der Waals surface area (Å²) in [5, 5.41) is 2.73. The fourth-order valence-electron chi connectivity index (χ4n) is 0.857. The van der Waals surface area contributed by atoms with Gasteiger partial charge in [-0.25, -0.2) is 0 Å². The average molecular weight is 198 g/mol. The second-order valence-corrected chi connectivity index (χ2v) is 4.09. The molecule has 13 heavy (non-hydrogen) atoms. The van der Waals surface area contributed by atoms with Gasteiger partial charge in [-0.15, -0.1) is 0 Å². The van der Waals surface area contributed by atoms with E-state index in [1.54, 1.807) is 13.8 Å². The Morgan fingerprint density at radius 2 is 1.77 bits per heavy atom. The third-order valence-corrected chi connectivity index (χ3v) is 1.44. The van der Waals surface area contributed by atoms with Crippen molar-refractivity contribution in [3.05, 3.63) is 0 Å². The topological polar surface area (TPSA) is 38.0 Å². The Balaban J connectivity index is 3.70. The summed E-state index contributed by atoms with van der Waals surface area (Å²) in [5.41, 5.74) is 5.13. The van der Waals surface area contributed by atoms with Crippen molar-refractivity contribution in [1.82, 2.24) is 5.32 Å². The summed E-state index contributed by atoms with van der Waals surface area (Å²) >= 11 is 0. The Kier molecular flexibility index (Phi) is 4.19. The molecular formula is C8H17F3N2. The first kappa shape index (κ1) is 12.7. The lowest BCUT2D eigenvalue weighted by atomic mass is 10.1. The van der Waals surface area contributed by atoms with Crippen molar-refractivity contribution in [3.63, 3.8) is 0 Å². The van der Waals surface area contributed by atoms with E-state index in [9.17, 15) is 13.2 Å². The normalized spacial score (nSPS) is 15.9. The molecule has 3 N–H and O–H groups in total. The van der Waals surface area contributed by atoms with Gasteiger partial charge in [-0.3, -0.25) is 0 Å². The van der Waals surface area contributed by atoms with Crippen LogP contribution in [0, 0.1) is 0 Å². The smallest absolute Gasteiger partial charge is 0.324 e. The predicted octanol–water partition coefficient (Wildman–Crippen LogP) is 1.65. The first-order chi connectivity index (χ1) is 5.60. The fourth-order valence-corrected chi connectivity index (χ4v) is 0.857. The van der Waals surface area contributed by atoms with Gasteiger partial charge < -0.3 is 11.1 Å². The van der Waals surface area contributed by atoms with Gasteiger partial charge in [-0.05, 0) is 20.8 Å². The van der Waals surface area contributed by atoms with Gasteiger partial charge in [0, 0.05) is 18.1 Å². The molecule has 0 aliphatic carbocycles. The minimum atomic E-state index is -4.11. The SMILES string of the molecule is CC(CC(F)(F)F)NCC(C)(C)N. The lowest BCUT2D eigenvalue weighted by molar-refractivity contribution is -0.139. The molecular weight excluding hydrogens is 181 g/mol. The summed E-state index contributed by atoms with van der Waals surface area (Å²) in [6, 6.07) is -0.581. The second-order valence-electron chi connectivity index (χ2n) is 4.09. The molecule has 1 unspecified atom stereocenters. The molecule has 0 aromatic rings. The van der Waals surface area contributed by atoms with Gasteiger partial charge in [0.25, 0.3) is 0 Å². The molecule has 0 radical (unpaired) electrons. The molecule has 0 heterocycles. The van der Waals surface area contributed by atoms with Gasteiger partial charge in [0.1, 0.15) is 0 Å². The van der Waals surface area contributed by atoms with Crippen LogP contribution >= 0.6 is 0 Å². The van der Waals surface area contributed by atoms with Gasteiger partial charge in [0.15, 0.2) is 0 Å².